The number of aromatic nitrogens is 2. The van der Waals surface area contributed by atoms with E-state index in [4.69, 9.17) is 5.73 Å². The summed E-state index contributed by atoms with van der Waals surface area (Å²) in [5.41, 5.74) is 7.15. The van der Waals surface area contributed by atoms with E-state index in [-0.39, 0.29) is 0 Å². The maximum Gasteiger partial charge on any atom is 0.251 e. The van der Waals surface area contributed by atoms with E-state index in [1.165, 1.54) is 6.34 Å². The molecule has 2 N–H and O–H groups in total. The third kappa shape index (κ3) is 2.52. The zero-order valence-corrected chi connectivity index (χ0v) is 8.86. The Balaban J connectivity index is 3.06. The van der Waals surface area contributed by atoms with Crippen molar-refractivity contribution in [3.63, 3.8) is 0 Å². The molecule has 0 aliphatic rings. The summed E-state index contributed by atoms with van der Waals surface area (Å²) in [5.74, 6) is 0.881. The molecule has 0 spiro atoms. The first-order chi connectivity index (χ1) is 6.67. The molecule has 14 heavy (non-hydrogen) atoms. The van der Waals surface area contributed by atoms with Gasteiger partial charge in [-0.1, -0.05) is 13.8 Å². The highest BCUT2D eigenvalue weighted by atomic mass is 15.1. The molecular formula is C10H16N4. The molecular weight excluding hydrogens is 176 g/mol. The monoisotopic (exact) mass is 192 g/mol. The Kier molecular flexibility index (Phi) is 3.56. The van der Waals surface area contributed by atoms with Gasteiger partial charge >= 0.3 is 0 Å². The van der Waals surface area contributed by atoms with E-state index in [1.807, 2.05) is 13.0 Å². The summed E-state index contributed by atoms with van der Waals surface area (Å²) >= 11 is 0. The molecule has 0 radical (unpaired) electrons. The van der Waals surface area contributed by atoms with Crippen LogP contribution in [-0.4, -0.2) is 16.3 Å². The van der Waals surface area contributed by atoms with Crippen LogP contribution in [0.4, 0.5) is 5.95 Å². The van der Waals surface area contributed by atoms with Crippen LogP contribution in [0, 0.1) is 6.92 Å². The Labute approximate surface area is 84.3 Å². The van der Waals surface area contributed by atoms with E-state index in [0.29, 0.717) is 11.9 Å². The van der Waals surface area contributed by atoms with Gasteiger partial charge in [0.1, 0.15) is 0 Å². The lowest BCUT2D eigenvalue weighted by Gasteiger charge is -2.08. The summed E-state index contributed by atoms with van der Waals surface area (Å²) in [6.45, 7) is 6.20. The Morgan fingerprint density at radius 3 is 2.86 bits per heavy atom. The lowest BCUT2D eigenvalue weighted by Crippen LogP contribution is -1.99. The van der Waals surface area contributed by atoms with Crippen LogP contribution in [0.2, 0.25) is 0 Å². The maximum absolute atomic E-state index is 5.20. The van der Waals surface area contributed by atoms with Gasteiger partial charge < -0.3 is 5.73 Å². The van der Waals surface area contributed by atoms with Gasteiger partial charge in [-0.25, -0.2) is 15.0 Å². The van der Waals surface area contributed by atoms with Gasteiger partial charge in [0, 0.05) is 11.4 Å². The molecule has 1 heterocycles. The smallest absolute Gasteiger partial charge is 0.251 e. The number of nitrogens with two attached hydrogens (primary N) is 1. The van der Waals surface area contributed by atoms with Crippen molar-refractivity contribution in [1.29, 1.82) is 0 Å². The van der Waals surface area contributed by atoms with Crippen molar-refractivity contribution in [2.24, 2.45) is 10.7 Å². The van der Waals surface area contributed by atoms with E-state index in [0.717, 1.165) is 17.8 Å². The molecule has 4 heteroatoms. The summed E-state index contributed by atoms with van der Waals surface area (Å²) in [6, 6.07) is 1.99. The number of aryl methyl sites for hydroxylation is 1. The summed E-state index contributed by atoms with van der Waals surface area (Å²) in [7, 11) is 0. The molecule has 0 fully saturated rings. The Morgan fingerprint density at radius 1 is 1.57 bits per heavy atom. The fraction of sp³-hybridized carbons (Fsp3) is 0.500. The second-order valence-corrected chi connectivity index (χ2v) is 3.32. The molecule has 0 saturated carbocycles. The minimum absolute atomic E-state index is 0.434. The molecule has 1 atom stereocenters. The van der Waals surface area contributed by atoms with Crippen molar-refractivity contribution in [1.82, 2.24) is 9.97 Å². The number of hydrogen-bond acceptors (Lipinski definition) is 3. The molecule has 1 aromatic rings. The van der Waals surface area contributed by atoms with Crippen LogP contribution in [0.25, 0.3) is 0 Å². The fourth-order valence-corrected chi connectivity index (χ4v) is 1.16. The number of aliphatic imine (C=N–C) groups is 1. The normalized spacial score (nSPS) is 13.4. The van der Waals surface area contributed by atoms with Crippen LogP contribution in [0.5, 0.6) is 0 Å². The molecule has 0 aliphatic heterocycles. The molecule has 0 aliphatic carbocycles. The Morgan fingerprint density at radius 2 is 2.29 bits per heavy atom. The largest absolute Gasteiger partial charge is 0.390 e. The fourth-order valence-electron chi connectivity index (χ4n) is 1.16. The van der Waals surface area contributed by atoms with E-state index in [2.05, 4.69) is 28.8 Å². The molecule has 0 amide bonds. The zero-order valence-electron chi connectivity index (χ0n) is 8.86. The van der Waals surface area contributed by atoms with Crippen molar-refractivity contribution in [3.8, 4) is 0 Å². The third-order valence-corrected chi connectivity index (χ3v) is 2.17. The number of hydrogen-bond donors (Lipinski definition) is 1. The molecule has 1 rings (SSSR count). The molecule has 0 aromatic carbocycles. The van der Waals surface area contributed by atoms with Gasteiger partial charge in [-0.3, -0.25) is 0 Å². The van der Waals surface area contributed by atoms with Gasteiger partial charge in [-0.05, 0) is 25.3 Å². The van der Waals surface area contributed by atoms with Crippen LogP contribution >= 0.6 is 0 Å². The topological polar surface area (TPSA) is 64.2 Å². The lowest BCUT2D eigenvalue weighted by molar-refractivity contribution is 0.703. The summed E-state index contributed by atoms with van der Waals surface area (Å²) < 4.78 is 0. The highest BCUT2D eigenvalue weighted by molar-refractivity contribution is 5.55. The second-order valence-electron chi connectivity index (χ2n) is 3.32. The molecule has 0 saturated heterocycles. The van der Waals surface area contributed by atoms with Crippen molar-refractivity contribution in [3.05, 3.63) is 17.5 Å². The van der Waals surface area contributed by atoms with Crippen LogP contribution in [0.3, 0.4) is 0 Å². The Hall–Kier alpha value is -1.45. The van der Waals surface area contributed by atoms with Crippen LogP contribution < -0.4 is 5.73 Å². The van der Waals surface area contributed by atoms with E-state index in [1.54, 1.807) is 0 Å². The SMILES string of the molecule is CCC(C)c1cc(C)nc(/N=C\N)n1. The molecule has 0 bridgehead atoms. The standard InChI is InChI=1S/C10H16N4/c1-4-7(2)9-5-8(3)13-10(14-9)12-6-11/h5-7H,4H2,1-3H3,(H2,11,12,13,14). The van der Waals surface area contributed by atoms with Crippen molar-refractivity contribution in [2.45, 2.75) is 33.1 Å². The zero-order chi connectivity index (χ0) is 10.6. The predicted molar refractivity (Wildman–Crippen MR) is 57.8 cm³/mol. The summed E-state index contributed by atoms with van der Waals surface area (Å²) in [6.07, 6.45) is 2.28. The van der Waals surface area contributed by atoms with E-state index < -0.39 is 0 Å². The average molecular weight is 192 g/mol. The van der Waals surface area contributed by atoms with Crippen molar-refractivity contribution >= 4 is 12.3 Å². The lowest BCUT2D eigenvalue weighted by atomic mass is 10.0. The highest BCUT2D eigenvalue weighted by Crippen LogP contribution is 2.18. The first-order valence-corrected chi connectivity index (χ1v) is 4.77. The molecule has 1 aromatic heterocycles. The molecule has 1 unspecified atom stereocenters. The quantitative estimate of drug-likeness (QED) is 0.587. The molecule has 4 nitrogen and oxygen atoms in total. The van der Waals surface area contributed by atoms with Gasteiger partial charge in [-0.15, -0.1) is 0 Å². The maximum atomic E-state index is 5.20. The van der Waals surface area contributed by atoms with Crippen LogP contribution in [0.15, 0.2) is 11.1 Å². The average Bonchev–Trinajstić information content (AvgIpc) is 2.16. The minimum Gasteiger partial charge on any atom is -0.390 e. The predicted octanol–water partition coefficient (Wildman–Crippen LogP) is 1.92. The molecule has 76 valence electrons. The third-order valence-electron chi connectivity index (χ3n) is 2.17. The second kappa shape index (κ2) is 4.69. The van der Waals surface area contributed by atoms with Gasteiger partial charge in [0.05, 0.1) is 6.34 Å². The highest BCUT2D eigenvalue weighted by Gasteiger charge is 2.07. The van der Waals surface area contributed by atoms with Crippen LogP contribution in [-0.2, 0) is 0 Å². The van der Waals surface area contributed by atoms with Gasteiger partial charge in [0.2, 0.25) is 0 Å². The summed E-state index contributed by atoms with van der Waals surface area (Å²) in [4.78, 5) is 12.3. The summed E-state index contributed by atoms with van der Waals surface area (Å²) in [5, 5.41) is 0. The van der Waals surface area contributed by atoms with Crippen molar-refractivity contribution in [2.75, 3.05) is 0 Å². The number of rotatable bonds is 3. The minimum atomic E-state index is 0.434. The van der Waals surface area contributed by atoms with E-state index in [9.17, 15) is 0 Å². The van der Waals surface area contributed by atoms with E-state index >= 15 is 0 Å². The van der Waals surface area contributed by atoms with Gasteiger partial charge in [0.25, 0.3) is 5.95 Å². The van der Waals surface area contributed by atoms with Crippen LogP contribution in [0.1, 0.15) is 37.6 Å². The first kappa shape index (κ1) is 10.6. The Bertz CT molecular complexity index is 333. The van der Waals surface area contributed by atoms with Gasteiger partial charge in [0.15, 0.2) is 0 Å². The first-order valence-electron chi connectivity index (χ1n) is 4.77. The number of nitrogens with zero attached hydrogens (tertiary/aromatic N) is 3. The van der Waals surface area contributed by atoms with Crippen molar-refractivity contribution < 1.29 is 0 Å². The van der Waals surface area contributed by atoms with Gasteiger partial charge in [-0.2, -0.15) is 0 Å².